The normalized spacial score (nSPS) is 12.3. The predicted octanol–water partition coefficient (Wildman–Crippen LogP) is 28.1. The van der Waals surface area contributed by atoms with E-state index in [0.29, 0.717) is 62.2 Å². The number of carbonyl (C=O) groups is 3. The van der Waals surface area contributed by atoms with Crippen molar-refractivity contribution in [2.24, 2.45) is 89.5 Å². The van der Waals surface area contributed by atoms with Gasteiger partial charge < -0.3 is 90.6 Å². The molecule has 6 radical (unpaired) electrons. The molecule has 0 saturated heterocycles. The van der Waals surface area contributed by atoms with E-state index in [1.807, 2.05) is 68.2 Å². The van der Waals surface area contributed by atoms with E-state index in [-0.39, 0.29) is 196 Å². The van der Waals surface area contributed by atoms with Gasteiger partial charge in [-0.05, 0) is 134 Å². The first-order valence-electron chi connectivity index (χ1n) is 46.7. The Morgan fingerprint density at radius 3 is 1.12 bits per heavy atom. The molecule has 4 amide bonds. The van der Waals surface area contributed by atoms with Crippen molar-refractivity contribution in [3.8, 4) is 0 Å². The average Bonchev–Trinajstić information content (AvgIpc) is 1.71. The Hall–Kier alpha value is -1.99. The number of aliphatic imine (C=N–C) groups is 6. The summed E-state index contributed by atoms with van der Waals surface area (Å²) in [6.45, 7) is 87.8. The molecule has 0 aromatic heterocycles. The van der Waals surface area contributed by atoms with Crippen LogP contribution in [0.2, 0.25) is 0 Å². The summed E-state index contributed by atoms with van der Waals surface area (Å²) in [4.78, 5) is 77.0. The summed E-state index contributed by atoms with van der Waals surface area (Å²) in [5.74, 6) is 6.13. The third-order valence-corrected chi connectivity index (χ3v) is 18.5. The molecule has 0 unspecified atom stereocenters. The van der Waals surface area contributed by atoms with Gasteiger partial charge in [0.1, 0.15) is 0 Å². The van der Waals surface area contributed by atoms with Gasteiger partial charge in [-0.3, -0.25) is 34.5 Å². The van der Waals surface area contributed by atoms with Crippen molar-refractivity contribution in [1.82, 2.24) is 44.1 Å². The van der Waals surface area contributed by atoms with Gasteiger partial charge in [0.2, 0.25) is 11.9 Å². The zero-order chi connectivity index (χ0) is 102. The van der Waals surface area contributed by atoms with Crippen molar-refractivity contribution in [3.05, 3.63) is 31.9 Å². The minimum absolute atomic E-state index is 0. The molecule has 864 valence electrons. The molecular formula is C107H241N21O5Rh6-6. The van der Waals surface area contributed by atoms with Gasteiger partial charge in [-0.2, -0.15) is 14.1 Å². The third-order valence-electron chi connectivity index (χ3n) is 18.5. The van der Waals surface area contributed by atoms with Crippen LogP contribution in [-0.2, 0) is 131 Å². The van der Waals surface area contributed by atoms with Crippen molar-refractivity contribution in [2.45, 2.75) is 357 Å². The molecule has 0 aromatic carbocycles. The van der Waals surface area contributed by atoms with Gasteiger partial charge in [-0.1, -0.05) is 331 Å². The molecule has 0 fully saturated rings. The zero-order valence-corrected chi connectivity index (χ0v) is 107. The molecule has 2 rings (SSSR count). The van der Waals surface area contributed by atoms with Gasteiger partial charge in [0, 0.05) is 260 Å². The van der Waals surface area contributed by atoms with Crippen molar-refractivity contribution >= 4 is 53.4 Å². The van der Waals surface area contributed by atoms with Crippen LogP contribution in [0.4, 0.5) is 9.59 Å². The molecule has 2 aliphatic heterocycles. The SMILES string of the molecule is C.C.C.C.C.C.CN1CCN=C1CCC(C)(C)C.CN1CCN=C1N(C)CCC(C)(C)C.CN=C(CCC(C)(C)C)N(C)C.CN=C(N(C)C)N(C)C(=O)CC(C)(C)C.CN=C([N-]C)N(C)CCC(C)(C)C.COC(=O)N(C)CC(C)(C)C.COCC[N-]CC(C)(C)C.C[N-]C(=O)N(C)CCC(C)(C)C.C[N-]C(C)=NCCC(C)(C)C.C[N-]CCC(C)(C)C.C[N-]CCCC(C)(C)C.[Rh].[Rh].[Rh].[Rh].[Rh].[Rh]. The summed E-state index contributed by atoms with van der Waals surface area (Å²) in [6, 6.07) is -0.140. The number of amides is 4. The number of amidine groups is 3. The summed E-state index contributed by atoms with van der Waals surface area (Å²) < 4.78 is 9.41. The Morgan fingerprint density at radius 1 is 0.424 bits per heavy atom. The molecule has 0 aromatic rings. The van der Waals surface area contributed by atoms with Gasteiger partial charge in [-0.25, -0.2) is 4.79 Å². The quantitative estimate of drug-likeness (QED) is 0.0402. The molecule has 0 bridgehead atoms. The number of rotatable bonds is 23. The minimum atomic E-state index is -0.278. The molecule has 0 atom stereocenters. The van der Waals surface area contributed by atoms with Gasteiger partial charge in [-0.15, -0.1) is 26.2 Å². The molecule has 26 nitrogen and oxygen atoms in total. The summed E-state index contributed by atoms with van der Waals surface area (Å²) >= 11 is 0. The van der Waals surface area contributed by atoms with Crippen LogP contribution in [0, 0.1) is 59.6 Å². The van der Waals surface area contributed by atoms with E-state index < -0.39 is 0 Å². The maximum atomic E-state index is 11.9. The van der Waals surface area contributed by atoms with Crippen LogP contribution in [0.3, 0.4) is 0 Å². The van der Waals surface area contributed by atoms with Gasteiger partial charge >= 0.3 is 6.09 Å². The van der Waals surface area contributed by atoms with Gasteiger partial charge in [0.05, 0.1) is 31.9 Å². The fourth-order valence-electron chi connectivity index (χ4n) is 10.4. The Balaban J connectivity index is -0.0000000577. The Labute approximate surface area is 948 Å². The molecule has 0 spiro atoms. The maximum Gasteiger partial charge on any atom is 0.409 e. The van der Waals surface area contributed by atoms with E-state index in [4.69, 9.17) is 4.74 Å². The topological polar surface area (TPSA) is 258 Å². The van der Waals surface area contributed by atoms with Crippen LogP contribution < -0.4 is 0 Å². The summed E-state index contributed by atoms with van der Waals surface area (Å²) in [7, 11) is 38.8. The molecule has 139 heavy (non-hydrogen) atoms. The van der Waals surface area contributed by atoms with E-state index in [1.165, 1.54) is 64.4 Å². The van der Waals surface area contributed by atoms with Crippen LogP contribution in [0.15, 0.2) is 30.0 Å². The van der Waals surface area contributed by atoms with Gasteiger partial charge in [0.25, 0.3) is 0 Å². The molecule has 0 N–H and O–H groups in total. The number of guanidine groups is 3. The van der Waals surface area contributed by atoms with Crippen LogP contribution >= 0.6 is 0 Å². The standard InChI is InChI=1S/C11H23N3O.C11H23N3.C10H22N3.C10H20N2.C10H22N2.C9H20N2O.C9H19N2.C8H17NO2.C8H18NO.C8H18N.C7H16N.6CH4.6Rh/c1-11(2,3)8-9(15)14(7)10(12-4)13(5)6;1-11(2,3)6-8-13(4)10-12-7-9-14(10)5;1-10(2,3)7-8-13(6)9(11-4)12-5;1-10(2,3)6-5-9-11-7-8-12(9)4;1-10(2,3)8-7-9(11-4)12(5)6;1-9(2,3)6-7-11(5)8(12)10-4;1-8(10-5)11-7-6-9(2,3)4;1-8(2,3)6-9(4)7(10)11-5;1-8(2,3)7-9-5-6-10-4;1-8(2,3)6-5-7-9-4;1-7(2,3)5-6-8-4;;;;;;;;;;;;/h8H2,1-7H3;6-9H2,1-5H3;7-8H2,1-6H3;5-8H2,1-4H3;7-8H2,1-6H3;6-7H2,1-5H3,(H,10,12);6-7H2,1-5H3;6H2,1-5H3;5-7H2,1-4H3;5-7H2,1-4H3;5-6H2,1-4H3;6*1H4;;;;;;/q;;-1;;;;-1;;3*-1;;;;;;;;;;;;/p-1. The van der Waals surface area contributed by atoms with Crippen molar-refractivity contribution in [3.63, 3.8) is 0 Å². The molecule has 2 aliphatic rings. The van der Waals surface area contributed by atoms with E-state index in [9.17, 15) is 14.4 Å². The minimum Gasteiger partial charge on any atom is -0.665 e. The fourth-order valence-corrected chi connectivity index (χ4v) is 10.4. The summed E-state index contributed by atoms with van der Waals surface area (Å²) in [5.41, 5.74) is 3.71. The van der Waals surface area contributed by atoms with E-state index >= 15 is 0 Å². The van der Waals surface area contributed by atoms with Crippen LogP contribution in [0.25, 0.3) is 31.9 Å². The van der Waals surface area contributed by atoms with Crippen LogP contribution in [0.1, 0.15) is 357 Å². The number of methoxy groups -OCH3 is 2. The number of hydrogen-bond donors (Lipinski definition) is 0. The Kier molecular flexibility index (Phi) is 135. The molecule has 0 saturated carbocycles. The second-order valence-corrected chi connectivity index (χ2v) is 47.1. The van der Waals surface area contributed by atoms with Crippen molar-refractivity contribution < 1.29 is 141 Å². The monoisotopic (exact) mass is 2520 g/mol. The second kappa shape index (κ2) is 99.3. The number of hydrogen-bond acceptors (Lipinski definition) is 14. The maximum absolute atomic E-state index is 11.9. The largest absolute Gasteiger partial charge is 0.665 e. The van der Waals surface area contributed by atoms with Crippen LogP contribution in [0.5, 0.6) is 0 Å². The Morgan fingerprint density at radius 2 is 0.827 bits per heavy atom. The summed E-state index contributed by atoms with van der Waals surface area (Å²) in [5, 5.41) is 24.0. The number of urea groups is 1. The van der Waals surface area contributed by atoms with Gasteiger partial charge in [0.15, 0.2) is 12.0 Å². The smallest absolute Gasteiger partial charge is 0.409 e. The average molecular weight is 2520 g/mol. The van der Waals surface area contributed by atoms with Crippen molar-refractivity contribution in [2.75, 3.05) is 240 Å². The van der Waals surface area contributed by atoms with Crippen molar-refractivity contribution in [1.29, 1.82) is 0 Å². The first kappa shape index (κ1) is 188. The number of carbonyl (C=O) groups excluding carboxylic acids is 3. The number of likely N-dealkylation sites (N-methyl/N-ethyl adjacent to an activating group) is 2. The second-order valence-electron chi connectivity index (χ2n) is 47.1. The molecule has 0 aliphatic carbocycles. The fraction of sp³-hybridized carbons (Fsp3) is 0.916. The van der Waals surface area contributed by atoms with E-state index in [1.54, 1.807) is 71.1 Å². The number of nitrogens with zero attached hydrogens (tertiary/aromatic N) is 21. The zero-order valence-electron chi connectivity index (χ0n) is 96.8. The molecule has 2 heterocycles. The predicted molar refractivity (Wildman–Crippen MR) is 607 cm³/mol. The summed E-state index contributed by atoms with van der Waals surface area (Å²) in [6.07, 6.45) is 13.1. The number of ether oxygens (including phenoxy) is 2. The first-order chi connectivity index (χ1) is 57.2. The molecule has 32 heteroatoms. The van der Waals surface area contributed by atoms with E-state index in [0.717, 1.165) is 135 Å². The first-order valence-corrected chi connectivity index (χ1v) is 46.7. The van der Waals surface area contributed by atoms with E-state index in [2.05, 4.69) is 341 Å². The molecular weight excluding hydrogens is 2280 g/mol. The van der Waals surface area contributed by atoms with Crippen LogP contribution in [-0.4, -0.2) is 337 Å². The Bertz CT molecular complexity index is 2910. The third kappa shape index (κ3) is 147.